The van der Waals surface area contributed by atoms with Gasteiger partial charge in [-0.15, -0.1) is 0 Å². The van der Waals surface area contributed by atoms with Crippen LogP contribution < -0.4 is 5.32 Å². The molecule has 21 heavy (non-hydrogen) atoms. The zero-order valence-corrected chi connectivity index (χ0v) is 11.6. The fourth-order valence-electron chi connectivity index (χ4n) is 1.81. The molecule has 2 N–H and O–H groups in total. The molecule has 2 aromatic rings. The van der Waals surface area contributed by atoms with Gasteiger partial charge < -0.3 is 10.4 Å². The highest BCUT2D eigenvalue weighted by Crippen LogP contribution is 2.11. The summed E-state index contributed by atoms with van der Waals surface area (Å²) in [5.41, 5.74) is 1.69. The second-order valence-electron chi connectivity index (χ2n) is 4.33. The summed E-state index contributed by atoms with van der Waals surface area (Å²) in [5.74, 6) is 4.98. The van der Waals surface area contributed by atoms with E-state index in [2.05, 4.69) is 27.1 Å². The quantitative estimate of drug-likeness (QED) is 0.832. The second kappa shape index (κ2) is 7.17. The van der Waals surface area contributed by atoms with Gasteiger partial charge in [0.25, 0.3) is 5.91 Å². The van der Waals surface area contributed by atoms with E-state index in [1.165, 1.54) is 12.4 Å². The molecule has 2 rings (SSSR count). The molecule has 0 saturated carbocycles. The van der Waals surface area contributed by atoms with Gasteiger partial charge in [0, 0.05) is 18.6 Å². The van der Waals surface area contributed by atoms with E-state index in [-0.39, 0.29) is 18.6 Å². The van der Waals surface area contributed by atoms with Crippen LogP contribution in [0.5, 0.6) is 0 Å². The summed E-state index contributed by atoms with van der Waals surface area (Å²) >= 11 is 0. The average molecular weight is 281 g/mol. The Kier molecular flexibility index (Phi) is 5.02. The number of hydrogen-bond acceptors (Lipinski definition) is 4. The fourth-order valence-corrected chi connectivity index (χ4v) is 1.81. The van der Waals surface area contributed by atoms with Crippen LogP contribution in [-0.2, 0) is 0 Å². The molecule has 1 amide bonds. The van der Waals surface area contributed by atoms with Crippen molar-refractivity contribution in [2.45, 2.75) is 13.0 Å². The SMILES string of the molecule is CC(NC(=O)c1ccncc1C#CCO)c1ccccn1. The topological polar surface area (TPSA) is 75.1 Å². The first-order valence-corrected chi connectivity index (χ1v) is 6.48. The maximum Gasteiger partial charge on any atom is 0.253 e. The smallest absolute Gasteiger partial charge is 0.253 e. The zero-order valence-electron chi connectivity index (χ0n) is 11.6. The van der Waals surface area contributed by atoms with Crippen molar-refractivity contribution in [3.8, 4) is 11.8 Å². The van der Waals surface area contributed by atoms with E-state index >= 15 is 0 Å². The molecule has 2 aromatic heterocycles. The Balaban J connectivity index is 2.17. The molecule has 0 aliphatic carbocycles. The largest absolute Gasteiger partial charge is 0.384 e. The van der Waals surface area contributed by atoms with Crippen molar-refractivity contribution in [2.24, 2.45) is 0 Å². The number of aliphatic hydroxyl groups is 1. The maximum atomic E-state index is 12.3. The summed E-state index contributed by atoms with van der Waals surface area (Å²) in [7, 11) is 0. The molecule has 106 valence electrons. The lowest BCUT2D eigenvalue weighted by molar-refractivity contribution is 0.0938. The van der Waals surface area contributed by atoms with Crippen molar-refractivity contribution in [2.75, 3.05) is 6.61 Å². The molecular formula is C16H15N3O2. The lowest BCUT2D eigenvalue weighted by Crippen LogP contribution is -2.27. The third kappa shape index (κ3) is 3.88. The van der Waals surface area contributed by atoms with Crippen LogP contribution in [0.1, 0.15) is 34.6 Å². The standard InChI is InChI=1S/C16H15N3O2/c1-12(15-6-2-3-8-18-15)19-16(21)14-7-9-17-11-13(14)5-4-10-20/h2-3,6-9,11-12,20H,10H2,1H3,(H,19,21). The molecule has 5 heteroatoms. The van der Waals surface area contributed by atoms with E-state index < -0.39 is 0 Å². The second-order valence-corrected chi connectivity index (χ2v) is 4.33. The van der Waals surface area contributed by atoms with Crippen molar-refractivity contribution < 1.29 is 9.90 Å². The number of hydrogen-bond donors (Lipinski definition) is 2. The Bertz CT molecular complexity index is 675. The van der Waals surface area contributed by atoms with Crippen LogP contribution in [0.15, 0.2) is 42.9 Å². The minimum atomic E-state index is -0.264. The monoisotopic (exact) mass is 281 g/mol. The molecule has 0 aliphatic rings. The number of amides is 1. The summed E-state index contributed by atoms with van der Waals surface area (Å²) in [6.07, 6.45) is 4.72. The lowest BCUT2D eigenvalue weighted by atomic mass is 10.1. The van der Waals surface area contributed by atoms with Gasteiger partial charge in [0.1, 0.15) is 6.61 Å². The molecule has 1 atom stereocenters. The molecule has 2 heterocycles. The van der Waals surface area contributed by atoms with Crippen molar-refractivity contribution in [1.29, 1.82) is 0 Å². The lowest BCUT2D eigenvalue weighted by Gasteiger charge is -2.13. The van der Waals surface area contributed by atoms with Gasteiger partial charge in [-0.2, -0.15) is 0 Å². The van der Waals surface area contributed by atoms with Crippen molar-refractivity contribution in [3.05, 3.63) is 59.7 Å². The summed E-state index contributed by atoms with van der Waals surface area (Å²) in [6.45, 7) is 1.60. The number of aromatic nitrogens is 2. The van der Waals surface area contributed by atoms with E-state index in [0.29, 0.717) is 11.1 Å². The third-order valence-corrected chi connectivity index (χ3v) is 2.85. The number of aliphatic hydroxyl groups excluding tert-OH is 1. The highest BCUT2D eigenvalue weighted by Gasteiger charge is 2.14. The van der Waals surface area contributed by atoms with Crippen molar-refractivity contribution in [3.63, 3.8) is 0 Å². The summed E-state index contributed by atoms with van der Waals surface area (Å²) in [5, 5.41) is 11.6. The van der Waals surface area contributed by atoms with Gasteiger partial charge in [0.05, 0.1) is 22.9 Å². The first kappa shape index (κ1) is 14.7. The fraction of sp³-hybridized carbons (Fsp3) is 0.188. The molecular weight excluding hydrogens is 266 g/mol. The van der Waals surface area contributed by atoms with E-state index in [1.54, 1.807) is 12.3 Å². The van der Waals surface area contributed by atoms with Crippen molar-refractivity contribution >= 4 is 5.91 Å². The minimum absolute atomic E-state index is 0.217. The summed E-state index contributed by atoms with van der Waals surface area (Å²) in [4.78, 5) is 20.5. The molecule has 0 radical (unpaired) electrons. The van der Waals surface area contributed by atoms with E-state index in [4.69, 9.17) is 5.11 Å². The number of carbonyl (C=O) groups is 1. The first-order valence-electron chi connectivity index (χ1n) is 6.48. The Morgan fingerprint density at radius 1 is 1.38 bits per heavy atom. The molecule has 0 aliphatic heterocycles. The predicted octanol–water partition coefficient (Wildman–Crippen LogP) is 1.31. The maximum absolute atomic E-state index is 12.3. The van der Waals surface area contributed by atoms with Gasteiger partial charge in [-0.05, 0) is 25.1 Å². The number of nitrogens with one attached hydrogen (secondary N) is 1. The third-order valence-electron chi connectivity index (χ3n) is 2.85. The Morgan fingerprint density at radius 2 is 2.24 bits per heavy atom. The van der Waals surface area contributed by atoms with Gasteiger partial charge in [0.15, 0.2) is 0 Å². The van der Waals surface area contributed by atoms with Gasteiger partial charge in [-0.25, -0.2) is 0 Å². The number of pyridine rings is 2. The summed E-state index contributed by atoms with van der Waals surface area (Å²) < 4.78 is 0. The van der Waals surface area contributed by atoms with Crippen LogP contribution in [-0.4, -0.2) is 27.6 Å². The van der Waals surface area contributed by atoms with Crippen LogP contribution in [0, 0.1) is 11.8 Å². The highest BCUT2D eigenvalue weighted by molar-refractivity contribution is 5.96. The van der Waals surface area contributed by atoms with Crippen LogP contribution in [0.2, 0.25) is 0 Å². The average Bonchev–Trinajstić information content (AvgIpc) is 2.54. The molecule has 0 bridgehead atoms. The highest BCUT2D eigenvalue weighted by atomic mass is 16.2. The van der Waals surface area contributed by atoms with E-state index in [1.807, 2.05) is 25.1 Å². The van der Waals surface area contributed by atoms with E-state index in [9.17, 15) is 4.79 Å². The zero-order chi connectivity index (χ0) is 15.1. The predicted molar refractivity (Wildman–Crippen MR) is 78.3 cm³/mol. The minimum Gasteiger partial charge on any atom is -0.384 e. The molecule has 0 spiro atoms. The van der Waals surface area contributed by atoms with Gasteiger partial charge >= 0.3 is 0 Å². The molecule has 5 nitrogen and oxygen atoms in total. The normalized spacial score (nSPS) is 11.1. The Hall–Kier alpha value is -2.71. The Morgan fingerprint density at radius 3 is 2.95 bits per heavy atom. The van der Waals surface area contributed by atoms with E-state index in [0.717, 1.165) is 5.69 Å². The van der Waals surface area contributed by atoms with Crippen LogP contribution in [0.4, 0.5) is 0 Å². The van der Waals surface area contributed by atoms with Gasteiger partial charge in [0.2, 0.25) is 0 Å². The molecule has 1 unspecified atom stereocenters. The van der Waals surface area contributed by atoms with Gasteiger partial charge in [-0.3, -0.25) is 14.8 Å². The Labute approximate surface area is 123 Å². The molecule has 0 saturated heterocycles. The first-order chi connectivity index (χ1) is 10.2. The van der Waals surface area contributed by atoms with Crippen molar-refractivity contribution in [1.82, 2.24) is 15.3 Å². The van der Waals surface area contributed by atoms with Crippen LogP contribution in [0.25, 0.3) is 0 Å². The number of rotatable bonds is 3. The molecule has 0 aromatic carbocycles. The number of nitrogens with zero attached hydrogens (tertiary/aromatic N) is 2. The van der Waals surface area contributed by atoms with Crippen LogP contribution >= 0.6 is 0 Å². The summed E-state index contributed by atoms with van der Waals surface area (Å²) in [6, 6.07) is 6.93. The van der Waals surface area contributed by atoms with Crippen LogP contribution in [0.3, 0.4) is 0 Å². The van der Waals surface area contributed by atoms with Gasteiger partial charge in [-0.1, -0.05) is 17.9 Å². The molecule has 0 fully saturated rings. The number of carbonyl (C=O) groups excluding carboxylic acids is 1.